The van der Waals surface area contributed by atoms with Gasteiger partial charge in [-0.1, -0.05) is 0 Å². The van der Waals surface area contributed by atoms with Crippen molar-refractivity contribution in [2.45, 2.75) is 12.8 Å². The van der Waals surface area contributed by atoms with Gasteiger partial charge in [0.2, 0.25) is 0 Å². The van der Waals surface area contributed by atoms with Gasteiger partial charge in [0, 0.05) is 13.2 Å². The van der Waals surface area contributed by atoms with E-state index in [-0.39, 0.29) is 5.92 Å². The molecular weight excluding hydrogens is 168 g/mol. The lowest BCUT2D eigenvalue weighted by Gasteiger charge is -1.92. The molecule has 4 nitrogen and oxygen atoms in total. The summed E-state index contributed by atoms with van der Waals surface area (Å²) in [6, 6.07) is 0. The number of nitrogens with zero attached hydrogens (tertiary/aromatic N) is 2. The van der Waals surface area contributed by atoms with Crippen LogP contribution in [0, 0.1) is 11.8 Å². The van der Waals surface area contributed by atoms with Gasteiger partial charge in [-0.25, -0.2) is 0 Å². The van der Waals surface area contributed by atoms with Gasteiger partial charge in [0.1, 0.15) is 0 Å². The van der Waals surface area contributed by atoms with Crippen molar-refractivity contribution in [3.63, 3.8) is 0 Å². The maximum absolute atomic E-state index is 10.5. The van der Waals surface area contributed by atoms with E-state index in [1.165, 1.54) is 0 Å². The zero-order chi connectivity index (χ0) is 9.42. The first kappa shape index (κ1) is 8.29. The Hall–Kier alpha value is -1.32. The number of hydrogen-bond donors (Lipinski definition) is 1. The molecule has 70 valence electrons. The summed E-state index contributed by atoms with van der Waals surface area (Å²) < 4.78 is 1.74. The van der Waals surface area contributed by atoms with Gasteiger partial charge in [-0.2, -0.15) is 5.10 Å². The second-order valence-corrected chi connectivity index (χ2v) is 3.67. The molecule has 13 heavy (non-hydrogen) atoms. The molecule has 1 saturated carbocycles. The van der Waals surface area contributed by atoms with Crippen molar-refractivity contribution in [2.24, 2.45) is 18.9 Å². The van der Waals surface area contributed by atoms with E-state index < -0.39 is 5.97 Å². The number of rotatable bonds is 3. The van der Waals surface area contributed by atoms with Crippen LogP contribution < -0.4 is 0 Å². The van der Waals surface area contributed by atoms with E-state index in [4.69, 9.17) is 5.11 Å². The quantitative estimate of drug-likeness (QED) is 0.744. The summed E-state index contributed by atoms with van der Waals surface area (Å²) in [5.41, 5.74) is 1.14. The predicted molar refractivity (Wildman–Crippen MR) is 46.1 cm³/mol. The van der Waals surface area contributed by atoms with Crippen LogP contribution in [0.3, 0.4) is 0 Å². The highest BCUT2D eigenvalue weighted by molar-refractivity contribution is 5.73. The molecule has 1 heterocycles. The topological polar surface area (TPSA) is 55.1 Å². The highest BCUT2D eigenvalue weighted by atomic mass is 16.4. The molecule has 1 aromatic rings. The fourth-order valence-corrected chi connectivity index (χ4v) is 1.66. The summed E-state index contributed by atoms with van der Waals surface area (Å²) >= 11 is 0. The van der Waals surface area contributed by atoms with E-state index in [1.54, 1.807) is 10.9 Å². The lowest BCUT2D eigenvalue weighted by atomic mass is 10.1. The maximum Gasteiger partial charge on any atom is 0.306 e. The van der Waals surface area contributed by atoms with Crippen molar-refractivity contribution in [1.82, 2.24) is 9.78 Å². The van der Waals surface area contributed by atoms with Crippen LogP contribution in [0.5, 0.6) is 0 Å². The molecule has 0 spiro atoms. The fraction of sp³-hybridized carbons (Fsp3) is 0.556. The summed E-state index contributed by atoms with van der Waals surface area (Å²) in [6.45, 7) is 0. The van der Waals surface area contributed by atoms with Gasteiger partial charge >= 0.3 is 5.97 Å². The van der Waals surface area contributed by atoms with Crippen LogP contribution in [0.1, 0.15) is 12.0 Å². The molecule has 0 saturated heterocycles. The lowest BCUT2D eigenvalue weighted by molar-refractivity contribution is -0.138. The Morgan fingerprint density at radius 2 is 2.62 bits per heavy atom. The molecular formula is C9H12N2O2. The molecule has 2 rings (SSSR count). The van der Waals surface area contributed by atoms with Gasteiger partial charge in [0.25, 0.3) is 0 Å². The summed E-state index contributed by atoms with van der Waals surface area (Å²) in [5.74, 6) is -0.434. The third-order valence-corrected chi connectivity index (χ3v) is 2.50. The zero-order valence-corrected chi connectivity index (χ0v) is 7.47. The third-order valence-electron chi connectivity index (χ3n) is 2.50. The van der Waals surface area contributed by atoms with Crippen molar-refractivity contribution in [2.75, 3.05) is 0 Å². The second-order valence-electron chi connectivity index (χ2n) is 3.67. The van der Waals surface area contributed by atoms with E-state index in [0.29, 0.717) is 5.92 Å². The Kier molecular flexibility index (Phi) is 1.83. The molecule has 1 aliphatic carbocycles. The Morgan fingerprint density at radius 1 is 1.85 bits per heavy atom. The zero-order valence-electron chi connectivity index (χ0n) is 7.47. The van der Waals surface area contributed by atoms with E-state index in [1.807, 2.05) is 13.2 Å². The number of aliphatic carboxylic acids is 1. The number of carboxylic acid groups (broad SMARTS) is 1. The number of carboxylic acids is 1. The van der Waals surface area contributed by atoms with E-state index in [2.05, 4.69) is 5.10 Å². The highest BCUT2D eigenvalue weighted by Gasteiger charge is 2.42. The molecule has 1 fully saturated rings. The summed E-state index contributed by atoms with van der Waals surface area (Å²) in [5, 5.41) is 12.7. The molecule has 0 amide bonds. The number of hydrogen-bond acceptors (Lipinski definition) is 2. The Morgan fingerprint density at radius 3 is 3.08 bits per heavy atom. The average molecular weight is 180 g/mol. The minimum atomic E-state index is -0.658. The summed E-state index contributed by atoms with van der Waals surface area (Å²) in [7, 11) is 1.87. The summed E-state index contributed by atoms with van der Waals surface area (Å²) in [6.07, 6.45) is 5.42. The molecule has 0 aromatic carbocycles. The largest absolute Gasteiger partial charge is 0.481 e. The van der Waals surface area contributed by atoms with E-state index >= 15 is 0 Å². The summed E-state index contributed by atoms with van der Waals surface area (Å²) in [4.78, 5) is 10.5. The van der Waals surface area contributed by atoms with Crippen molar-refractivity contribution < 1.29 is 9.90 Å². The number of carbonyl (C=O) groups is 1. The maximum atomic E-state index is 10.5. The molecule has 1 aromatic heterocycles. The minimum absolute atomic E-state index is 0.111. The normalized spacial score (nSPS) is 25.9. The van der Waals surface area contributed by atoms with Crippen LogP contribution in [-0.2, 0) is 18.3 Å². The molecule has 0 aliphatic heterocycles. The van der Waals surface area contributed by atoms with Crippen LogP contribution >= 0.6 is 0 Å². The van der Waals surface area contributed by atoms with Crippen molar-refractivity contribution >= 4 is 5.97 Å². The van der Waals surface area contributed by atoms with Crippen LogP contribution in [0.15, 0.2) is 12.4 Å². The first-order chi connectivity index (χ1) is 6.16. The van der Waals surface area contributed by atoms with Crippen LogP contribution in [0.25, 0.3) is 0 Å². The standard InChI is InChI=1S/C9H12N2O2/c1-11-5-6(4-10-11)2-7-3-8(7)9(12)13/h4-5,7-8H,2-3H2,1H3,(H,12,13)/t7-,8-/m0/s1. The molecule has 1 aliphatic rings. The van der Waals surface area contributed by atoms with Gasteiger partial charge < -0.3 is 5.11 Å². The minimum Gasteiger partial charge on any atom is -0.481 e. The lowest BCUT2D eigenvalue weighted by Crippen LogP contribution is -2.00. The van der Waals surface area contributed by atoms with Crippen LogP contribution in [0.4, 0.5) is 0 Å². The SMILES string of the molecule is Cn1cc(C[C@H]2C[C@@H]2C(=O)O)cn1. The molecule has 1 N–H and O–H groups in total. The first-order valence-electron chi connectivity index (χ1n) is 4.37. The van der Waals surface area contributed by atoms with Crippen molar-refractivity contribution in [3.05, 3.63) is 18.0 Å². The second kappa shape index (κ2) is 2.87. The average Bonchev–Trinajstić information content (AvgIpc) is 2.69. The van der Waals surface area contributed by atoms with Gasteiger partial charge in [-0.05, 0) is 24.3 Å². The Bertz CT molecular complexity index is 332. The highest BCUT2D eigenvalue weighted by Crippen LogP contribution is 2.40. The van der Waals surface area contributed by atoms with Crippen molar-refractivity contribution in [1.29, 1.82) is 0 Å². The molecule has 4 heteroatoms. The molecule has 2 atom stereocenters. The van der Waals surface area contributed by atoms with Crippen molar-refractivity contribution in [3.8, 4) is 0 Å². The van der Waals surface area contributed by atoms with Crippen LogP contribution in [0.2, 0.25) is 0 Å². The first-order valence-corrected chi connectivity index (χ1v) is 4.37. The van der Waals surface area contributed by atoms with E-state index in [9.17, 15) is 4.79 Å². The smallest absolute Gasteiger partial charge is 0.306 e. The number of aromatic nitrogens is 2. The Balaban J connectivity index is 1.91. The Labute approximate surface area is 76.2 Å². The van der Waals surface area contributed by atoms with E-state index in [0.717, 1.165) is 18.4 Å². The molecule has 0 unspecified atom stereocenters. The monoisotopic (exact) mass is 180 g/mol. The predicted octanol–water partition coefficient (Wildman–Crippen LogP) is 0.683. The fourth-order valence-electron chi connectivity index (χ4n) is 1.66. The molecule has 0 bridgehead atoms. The molecule has 0 radical (unpaired) electrons. The third kappa shape index (κ3) is 1.71. The number of aryl methyl sites for hydroxylation is 1. The van der Waals surface area contributed by atoms with Crippen LogP contribution in [-0.4, -0.2) is 20.9 Å². The van der Waals surface area contributed by atoms with Gasteiger partial charge in [-0.15, -0.1) is 0 Å². The van der Waals surface area contributed by atoms with Gasteiger partial charge in [-0.3, -0.25) is 9.48 Å². The van der Waals surface area contributed by atoms with Gasteiger partial charge in [0.15, 0.2) is 0 Å². The van der Waals surface area contributed by atoms with Gasteiger partial charge in [0.05, 0.1) is 12.1 Å².